The Hall–Kier alpha value is -1.60. The third-order valence-corrected chi connectivity index (χ3v) is 4.38. The topological polar surface area (TPSA) is 56.6 Å². The zero-order chi connectivity index (χ0) is 15.9. The summed E-state index contributed by atoms with van der Waals surface area (Å²) in [6.45, 7) is 7.39. The molecule has 1 amide bonds. The number of ether oxygens (including phenoxy) is 2. The monoisotopic (exact) mass is 323 g/mol. The van der Waals surface area contributed by atoms with E-state index in [1.807, 2.05) is 36.9 Å². The van der Waals surface area contributed by atoms with Crippen molar-refractivity contribution < 1.29 is 14.3 Å². The molecule has 2 aromatic rings. The van der Waals surface area contributed by atoms with Crippen LogP contribution >= 0.6 is 11.3 Å². The Morgan fingerprint density at radius 1 is 1.59 bits per heavy atom. The summed E-state index contributed by atoms with van der Waals surface area (Å²) < 4.78 is 14.4. The van der Waals surface area contributed by atoms with Crippen molar-refractivity contribution in [3.8, 4) is 0 Å². The van der Waals surface area contributed by atoms with Gasteiger partial charge in [-0.1, -0.05) is 0 Å². The third kappa shape index (κ3) is 2.96. The second-order valence-corrected chi connectivity index (χ2v) is 7.38. The summed E-state index contributed by atoms with van der Waals surface area (Å²) in [5.74, 6) is 0. The minimum absolute atomic E-state index is 0.171. The van der Waals surface area contributed by atoms with Gasteiger partial charge in [0.2, 0.25) is 0 Å². The largest absolute Gasteiger partial charge is 0.444 e. The van der Waals surface area contributed by atoms with Gasteiger partial charge in [-0.3, -0.25) is 4.68 Å². The molecule has 0 N–H and O–H groups in total. The zero-order valence-electron chi connectivity index (χ0n) is 13.3. The molecule has 0 aromatic carbocycles. The second kappa shape index (κ2) is 5.55. The molecule has 0 aliphatic carbocycles. The van der Waals surface area contributed by atoms with Crippen molar-refractivity contribution in [2.75, 3.05) is 20.2 Å². The maximum atomic E-state index is 12.1. The highest BCUT2D eigenvalue weighted by atomic mass is 32.1. The SMILES string of the molecule is CN(CC1OCCn2nc3ccsc3c21)C(=O)OC(C)(C)C. The Morgan fingerprint density at radius 3 is 3.09 bits per heavy atom. The molecule has 1 aliphatic rings. The van der Waals surface area contributed by atoms with Crippen molar-refractivity contribution in [1.29, 1.82) is 0 Å². The number of amides is 1. The van der Waals surface area contributed by atoms with Crippen LogP contribution in [0.2, 0.25) is 0 Å². The zero-order valence-corrected chi connectivity index (χ0v) is 14.1. The van der Waals surface area contributed by atoms with Crippen LogP contribution in [0.1, 0.15) is 32.6 Å². The normalized spacial score (nSPS) is 18.3. The number of nitrogens with zero attached hydrogens (tertiary/aromatic N) is 3. The van der Waals surface area contributed by atoms with Gasteiger partial charge < -0.3 is 14.4 Å². The van der Waals surface area contributed by atoms with E-state index < -0.39 is 5.60 Å². The molecule has 2 aromatic heterocycles. The van der Waals surface area contributed by atoms with Crippen LogP contribution in [0.25, 0.3) is 10.2 Å². The Kier molecular flexibility index (Phi) is 3.86. The number of fused-ring (bicyclic) bond motifs is 3. The molecule has 120 valence electrons. The smallest absolute Gasteiger partial charge is 0.410 e. The molecule has 0 radical (unpaired) electrons. The summed E-state index contributed by atoms with van der Waals surface area (Å²) >= 11 is 1.66. The van der Waals surface area contributed by atoms with Gasteiger partial charge in [0, 0.05) is 7.05 Å². The first kappa shape index (κ1) is 15.3. The van der Waals surface area contributed by atoms with Gasteiger partial charge in [-0.25, -0.2) is 4.79 Å². The molecule has 1 unspecified atom stereocenters. The molecule has 3 rings (SSSR count). The molecule has 0 saturated heterocycles. The van der Waals surface area contributed by atoms with Crippen molar-refractivity contribution in [3.63, 3.8) is 0 Å². The van der Waals surface area contributed by atoms with Crippen molar-refractivity contribution >= 4 is 27.6 Å². The molecule has 6 nitrogen and oxygen atoms in total. The first-order valence-corrected chi connectivity index (χ1v) is 8.23. The van der Waals surface area contributed by atoms with Gasteiger partial charge in [-0.15, -0.1) is 11.3 Å². The van der Waals surface area contributed by atoms with Crippen LogP contribution in [-0.2, 0) is 16.0 Å². The van der Waals surface area contributed by atoms with E-state index in [0.29, 0.717) is 13.2 Å². The quantitative estimate of drug-likeness (QED) is 0.852. The maximum Gasteiger partial charge on any atom is 0.410 e. The van der Waals surface area contributed by atoms with Crippen LogP contribution in [-0.4, -0.2) is 46.6 Å². The first-order valence-electron chi connectivity index (χ1n) is 7.35. The van der Waals surface area contributed by atoms with Gasteiger partial charge in [-0.05, 0) is 32.2 Å². The van der Waals surface area contributed by atoms with Crippen LogP contribution in [0.15, 0.2) is 11.4 Å². The van der Waals surface area contributed by atoms with Crippen LogP contribution < -0.4 is 0 Å². The van der Waals surface area contributed by atoms with Gasteiger partial charge in [0.05, 0.1) is 30.1 Å². The molecule has 1 atom stereocenters. The minimum atomic E-state index is -0.498. The highest BCUT2D eigenvalue weighted by Gasteiger charge is 2.29. The van der Waals surface area contributed by atoms with E-state index in [-0.39, 0.29) is 12.2 Å². The fraction of sp³-hybridized carbons (Fsp3) is 0.600. The van der Waals surface area contributed by atoms with Gasteiger partial charge >= 0.3 is 6.09 Å². The molecule has 0 spiro atoms. The van der Waals surface area contributed by atoms with Gasteiger partial charge in [0.15, 0.2) is 0 Å². The highest BCUT2D eigenvalue weighted by molar-refractivity contribution is 7.17. The molecule has 0 saturated carbocycles. The lowest BCUT2D eigenvalue weighted by Crippen LogP contribution is -2.38. The number of rotatable bonds is 2. The number of carbonyl (C=O) groups excluding carboxylic acids is 1. The van der Waals surface area contributed by atoms with E-state index in [9.17, 15) is 4.79 Å². The summed E-state index contributed by atoms with van der Waals surface area (Å²) in [5.41, 5.74) is 1.56. The van der Waals surface area contributed by atoms with Crippen molar-refractivity contribution in [3.05, 3.63) is 17.1 Å². The molecule has 1 aliphatic heterocycles. The second-order valence-electron chi connectivity index (χ2n) is 6.46. The predicted molar refractivity (Wildman–Crippen MR) is 85.2 cm³/mol. The highest BCUT2D eigenvalue weighted by Crippen LogP contribution is 2.33. The summed E-state index contributed by atoms with van der Waals surface area (Å²) in [7, 11) is 1.73. The molecular weight excluding hydrogens is 302 g/mol. The lowest BCUT2D eigenvalue weighted by molar-refractivity contribution is -0.0135. The first-order chi connectivity index (χ1) is 10.3. The Labute approximate surface area is 133 Å². The van der Waals surface area contributed by atoms with Gasteiger partial charge in [0.1, 0.15) is 17.2 Å². The third-order valence-electron chi connectivity index (χ3n) is 3.46. The van der Waals surface area contributed by atoms with E-state index in [1.54, 1.807) is 23.3 Å². The molecule has 0 bridgehead atoms. The molecule has 3 heterocycles. The van der Waals surface area contributed by atoms with Crippen LogP contribution in [0, 0.1) is 0 Å². The lowest BCUT2D eigenvalue weighted by Gasteiger charge is -2.30. The Bertz CT molecular complexity index is 686. The van der Waals surface area contributed by atoms with Crippen molar-refractivity contribution in [1.82, 2.24) is 14.7 Å². The average molecular weight is 323 g/mol. The van der Waals surface area contributed by atoms with Crippen LogP contribution in [0.3, 0.4) is 0 Å². The number of likely N-dealkylation sites (N-methyl/N-ethyl adjacent to an activating group) is 1. The summed E-state index contributed by atoms with van der Waals surface area (Å²) in [4.78, 5) is 13.7. The van der Waals surface area contributed by atoms with E-state index in [1.165, 1.54) is 0 Å². The fourth-order valence-electron chi connectivity index (χ4n) is 2.52. The minimum Gasteiger partial charge on any atom is -0.444 e. The van der Waals surface area contributed by atoms with E-state index >= 15 is 0 Å². The fourth-order valence-corrected chi connectivity index (χ4v) is 3.44. The van der Waals surface area contributed by atoms with Crippen LogP contribution in [0.5, 0.6) is 0 Å². The number of hydrogen-bond donors (Lipinski definition) is 0. The number of hydrogen-bond acceptors (Lipinski definition) is 5. The molecule has 0 fully saturated rings. The van der Waals surface area contributed by atoms with E-state index in [2.05, 4.69) is 5.10 Å². The average Bonchev–Trinajstić information content (AvgIpc) is 2.96. The summed E-state index contributed by atoms with van der Waals surface area (Å²) in [5, 5.41) is 6.62. The lowest BCUT2D eigenvalue weighted by atomic mass is 10.2. The van der Waals surface area contributed by atoms with Gasteiger partial charge in [0.25, 0.3) is 0 Å². The predicted octanol–water partition coefficient (Wildman–Crippen LogP) is 3.04. The Morgan fingerprint density at radius 2 is 2.36 bits per heavy atom. The van der Waals surface area contributed by atoms with Crippen molar-refractivity contribution in [2.45, 2.75) is 39.0 Å². The molecule has 22 heavy (non-hydrogen) atoms. The maximum absolute atomic E-state index is 12.1. The molecule has 7 heteroatoms. The molecular formula is C15H21N3O3S. The van der Waals surface area contributed by atoms with Crippen molar-refractivity contribution in [2.24, 2.45) is 0 Å². The summed E-state index contributed by atoms with van der Waals surface area (Å²) in [6.07, 6.45) is -0.509. The van der Waals surface area contributed by atoms with E-state index in [4.69, 9.17) is 9.47 Å². The summed E-state index contributed by atoms with van der Waals surface area (Å²) in [6, 6.07) is 2.01. The van der Waals surface area contributed by atoms with E-state index in [0.717, 1.165) is 22.5 Å². The van der Waals surface area contributed by atoms with Crippen LogP contribution in [0.4, 0.5) is 4.79 Å². The number of aromatic nitrogens is 2. The Balaban J connectivity index is 1.78. The van der Waals surface area contributed by atoms with Gasteiger partial charge in [-0.2, -0.15) is 5.10 Å². The standard InChI is InChI=1S/C15H21N3O3S/c1-15(2,3)21-14(19)17(4)9-11-12-13-10(5-8-22-13)16-18(12)6-7-20-11/h5,8,11H,6-7,9H2,1-4H3. The number of thiophene rings is 1. The number of carbonyl (C=O) groups is 1.